The van der Waals surface area contributed by atoms with Crippen molar-refractivity contribution in [3.8, 4) is 11.5 Å². The number of para-hydroxylation sites is 1. The summed E-state index contributed by atoms with van der Waals surface area (Å²) >= 11 is 0.408. The number of piperidine rings is 2. The van der Waals surface area contributed by atoms with Crippen molar-refractivity contribution in [3.05, 3.63) is 75.7 Å². The molecule has 2 saturated heterocycles. The van der Waals surface area contributed by atoms with Gasteiger partial charge in [-0.3, -0.25) is 19.5 Å². The zero-order chi connectivity index (χ0) is 37.7. The smallest absolute Gasteiger partial charge is 0.425 e. The van der Waals surface area contributed by atoms with Crippen molar-refractivity contribution < 1.29 is 54.9 Å². The number of rotatable bonds is 13. The van der Waals surface area contributed by atoms with Gasteiger partial charge in [0.25, 0.3) is 5.91 Å². The van der Waals surface area contributed by atoms with E-state index in [1.54, 1.807) is 29.2 Å². The third-order valence-corrected chi connectivity index (χ3v) is 10.6. The van der Waals surface area contributed by atoms with E-state index < -0.39 is 52.0 Å². The van der Waals surface area contributed by atoms with Gasteiger partial charge >= 0.3 is 18.3 Å². The highest BCUT2D eigenvalue weighted by Gasteiger charge is 2.55. The molecule has 0 unspecified atom stereocenters. The van der Waals surface area contributed by atoms with Gasteiger partial charge in [-0.05, 0) is 49.9 Å². The minimum Gasteiger partial charge on any atom is -0.493 e. The third kappa shape index (κ3) is 8.81. The molecule has 1 aromatic carbocycles. The van der Waals surface area contributed by atoms with Gasteiger partial charge in [0, 0.05) is 68.3 Å². The van der Waals surface area contributed by atoms with Crippen LogP contribution in [0.2, 0.25) is 0 Å². The maximum Gasteiger partial charge on any atom is 0.425 e. The van der Waals surface area contributed by atoms with E-state index in [0.29, 0.717) is 24.3 Å². The minimum atomic E-state index is -4.67. The SMILES string of the molecule is CCC[C@H]1N(Cc2cnccc2C(F)(F)F)CCC[C@@]1(Oc1csc(C(F)(F)F)c1)C(=O)N1CCC(F)(c2ccccc2OCCCC(=O)O)CC1. The highest BCUT2D eigenvalue weighted by molar-refractivity contribution is 7.10. The van der Waals surface area contributed by atoms with Crippen molar-refractivity contribution in [2.45, 2.75) is 94.5 Å². The van der Waals surface area contributed by atoms with Gasteiger partial charge in [-0.15, -0.1) is 11.3 Å². The zero-order valence-corrected chi connectivity index (χ0v) is 29.3. The van der Waals surface area contributed by atoms with E-state index in [1.165, 1.54) is 10.3 Å². The Bertz CT molecular complexity index is 1690. The molecule has 0 aliphatic carbocycles. The lowest BCUT2D eigenvalue weighted by atomic mass is 9.78. The van der Waals surface area contributed by atoms with Crippen LogP contribution in [0.1, 0.15) is 79.9 Å². The number of benzene rings is 1. The number of halogens is 7. The fourth-order valence-corrected chi connectivity index (χ4v) is 7.88. The van der Waals surface area contributed by atoms with E-state index in [4.69, 9.17) is 14.6 Å². The van der Waals surface area contributed by atoms with Gasteiger partial charge in [0.05, 0.1) is 18.2 Å². The molecule has 5 rings (SSSR count). The summed E-state index contributed by atoms with van der Waals surface area (Å²) in [6.07, 6.45) is -6.23. The maximum atomic E-state index is 16.7. The lowest BCUT2D eigenvalue weighted by Gasteiger charge is -2.51. The number of likely N-dealkylation sites (tertiary alicyclic amines) is 2. The molecule has 2 fully saturated rings. The van der Waals surface area contributed by atoms with Crippen molar-refractivity contribution >= 4 is 23.2 Å². The molecule has 2 aromatic heterocycles. The normalized spacial score (nSPS) is 21.2. The van der Waals surface area contributed by atoms with Gasteiger partial charge in [0.15, 0.2) is 0 Å². The predicted octanol–water partition coefficient (Wildman–Crippen LogP) is 8.49. The largest absolute Gasteiger partial charge is 0.493 e. The Morgan fingerprint density at radius 2 is 1.77 bits per heavy atom. The van der Waals surface area contributed by atoms with Crippen LogP contribution < -0.4 is 9.47 Å². The summed E-state index contributed by atoms with van der Waals surface area (Å²) in [4.78, 5) is 31.8. The molecule has 16 heteroatoms. The van der Waals surface area contributed by atoms with Crippen LogP contribution in [0.5, 0.6) is 11.5 Å². The number of hydrogen-bond acceptors (Lipinski definition) is 7. The van der Waals surface area contributed by atoms with E-state index in [2.05, 4.69) is 4.98 Å². The summed E-state index contributed by atoms with van der Waals surface area (Å²) in [6.45, 7) is 1.79. The van der Waals surface area contributed by atoms with Gasteiger partial charge in [-0.25, -0.2) is 4.39 Å². The van der Waals surface area contributed by atoms with E-state index in [-0.39, 0.29) is 93.8 Å². The first-order chi connectivity index (χ1) is 24.6. The maximum absolute atomic E-state index is 16.7. The Labute approximate surface area is 300 Å². The van der Waals surface area contributed by atoms with Gasteiger partial charge in [-0.2, -0.15) is 26.3 Å². The zero-order valence-electron chi connectivity index (χ0n) is 28.4. The average molecular weight is 760 g/mol. The van der Waals surface area contributed by atoms with E-state index in [9.17, 15) is 35.9 Å². The number of thiophene rings is 1. The molecule has 0 radical (unpaired) electrons. The summed E-state index contributed by atoms with van der Waals surface area (Å²) in [5.41, 5.74) is -4.45. The number of pyridine rings is 1. The van der Waals surface area contributed by atoms with Crippen LogP contribution in [0.25, 0.3) is 0 Å². The minimum absolute atomic E-state index is 0.0569. The van der Waals surface area contributed by atoms with Crippen LogP contribution in [-0.4, -0.2) is 69.7 Å². The number of hydrogen-bond donors (Lipinski definition) is 1. The molecule has 1 amide bonds. The van der Waals surface area contributed by atoms with Crippen LogP contribution in [0.15, 0.2) is 54.2 Å². The Morgan fingerprint density at radius 3 is 2.42 bits per heavy atom. The quantitative estimate of drug-likeness (QED) is 0.138. The molecular formula is C36H40F7N3O5S. The fourth-order valence-electron chi connectivity index (χ4n) is 7.20. The van der Waals surface area contributed by atoms with Crippen LogP contribution in [-0.2, 0) is 34.2 Å². The molecule has 2 aliphatic rings. The molecule has 0 bridgehead atoms. The lowest BCUT2D eigenvalue weighted by molar-refractivity contribution is -0.165. The molecule has 0 spiro atoms. The van der Waals surface area contributed by atoms with Crippen molar-refractivity contribution in [1.82, 2.24) is 14.8 Å². The molecule has 3 aromatic rings. The van der Waals surface area contributed by atoms with Gasteiger partial charge in [0.2, 0.25) is 5.60 Å². The standard InChI is InChI=1S/C36H40F7N3O5S/c1-2-7-29-34(51-25-20-30(52-23-25)36(41,42)43,12-6-16-46(29)22-24-21-44-15-11-26(24)35(38,39)40)32(49)45-17-13-33(37,14-18-45)27-8-3-4-9-28(27)50-19-5-10-31(47)48/h3-4,8-9,11,15,20-21,23,29H,2,5-7,10,12-14,16-19,22H2,1H3,(H,47,48)/t29-,34+/m1/s1. The lowest BCUT2D eigenvalue weighted by Crippen LogP contribution is -2.67. The number of aliphatic carboxylic acids is 1. The van der Waals surface area contributed by atoms with Gasteiger partial charge in [-0.1, -0.05) is 31.5 Å². The Hall–Kier alpha value is -3.92. The number of carbonyl (C=O) groups is 2. The molecular weight excluding hydrogens is 719 g/mol. The average Bonchev–Trinajstić information content (AvgIpc) is 3.57. The summed E-state index contributed by atoms with van der Waals surface area (Å²) in [7, 11) is 0. The number of carboxylic acid groups (broad SMARTS) is 1. The summed E-state index contributed by atoms with van der Waals surface area (Å²) in [5, 5.41) is 10.1. The van der Waals surface area contributed by atoms with E-state index in [1.807, 2.05) is 6.92 Å². The second-order valence-corrected chi connectivity index (χ2v) is 14.1. The number of amides is 1. The fraction of sp³-hybridized carbons (Fsp3) is 0.528. The Balaban J connectivity index is 1.45. The van der Waals surface area contributed by atoms with Crippen molar-refractivity contribution in [3.63, 3.8) is 0 Å². The molecule has 2 aliphatic heterocycles. The summed E-state index contributed by atoms with van der Waals surface area (Å²) in [5.74, 6) is -1.48. The Morgan fingerprint density at radius 1 is 1.04 bits per heavy atom. The number of nitrogens with zero attached hydrogens (tertiary/aromatic N) is 3. The second kappa shape index (κ2) is 16.0. The van der Waals surface area contributed by atoms with Crippen molar-refractivity contribution in [2.75, 3.05) is 26.2 Å². The van der Waals surface area contributed by atoms with Crippen LogP contribution in [0, 0.1) is 0 Å². The van der Waals surface area contributed by atoms with Crippen LogP contribution >= 0.6 is 11.3 Å². The number of aromatic nitrogens is 1. The van der Waals surface area contributed by atoms with Crippen molar-refractivity contribution in [2.24, 2.45) is 0 Å². The molecule has 0 saturated carbocycles. The number of alkyl halides is 7. The summed E-state index contributed by atoms with van der Waals surface area (Å²) in [6, 6.07) is 7.34. The van der Waals surface area contributed by atoms with Crippen LogP contribution in [0.3, 0.4) is 0 Å². The molecule has 8 nitrogen and oxygen atoms in total. The van der Waals surface area contributed by atoms with E-state index in [0.717, 1.165) is 24.5 Å². The van der Waals surface area contributed by atoms with Gasteiger partial charge < -0.3 is 19.5 Å². The first-order valence-corrected chi connectivity index (χ1v) is 18.0. The number of carboxylic acids is 1. The van der Waals surface area contributed by atoms with Crippen LogP contribution in [0.4, 0.5) is 30.7 Å². The summed E-state index contributed by atoms with van der Waals surface area (Å²) < 4.78 is 112. The molecule has 52 heavy (non-hydrogen) atoms. The molecule has 4 heterocycles. The first-order valence-electron chi connectivity index (χ1n) is 17.1. The monoisotopic (exact) mass is 759 g/mol. The second-order valence-electron chi connectivity index (χ2n) is 13.1. The molecule has 2 atom stereocenters. The number of ether oxygens (including phenoxy) is 2. The molecule has 1 N–H and O–H groups in total. The Kier molecular flexibility index (Phi) is 12.1. The third-order valence-electron chi connectivity index (χ3n) is 9.64. The first kappa shape index (κ1) is 39.3. The highest BCUT2D eigenvalue weighted by Crippen LogP contribution is 2.45. The van der Waals surface area contributed by atoms with E-state index >= 15 is 4.39 Å². The predicted molar refractivity (Wildman–Crippen MR) is 178 cm³/mol. The highest BCUT2D eigenvalue weighted by atomic mass is 32.1. The van der Waals surface area contributed by atoms with Crippen molar-refractivity contribution in [1.29, 1.82) is 0 Å². The number of carbonyl (C=O) groups excluding carboxylic acids is 1. The topological polar surface area (TPSA) is 92.2 Å². The molecule has 284 valence electrons. The van der Waals surface area contributed by atoms with Gasteiger partial charge in [0.1, 0.15) is 22.0 Å².